The van der Waals surface area contributed by atoms with Crippen LogP contribution in [0.15, 0.2) is 88.4 Å². The number of benzene rings is 3. The third-order valence-corrected chi connectivity index (χ3v) is 10.2. The zero-order chi connectivity index (χ0) is 27.1. The zero-order valence-corrected chi connectivity index (χ0v) is 23.3. The molecule has 3 heterocycles. The number of anilines is 1. The van der Waals surface area contributed by atoms with E-state index in [1.807, 2.05) is 50.2 Å². The number of thiazole rings is 1. The van der Waals surface area contributed by atoms with Gasteiger partial charge in [-0.05, 0) is 85.0 Å². The molecule has 1 amide bonds. The molecule has 1 aliphatic rings. The summed E-state index contributed by atoms with van der Waals surface area (Å²) >= 11 is 1.44. The SMILES string of the molecule is Cc1ccc2sc(N(Cc3ccco3)C(=O)c3ccc(S(=O)(=O)N4CCc5ccccc5C4)cc3)nc2c1C. The van der Waals surface area contributed by atoms with Crippen molar-refractivity contribution in [1.82, 2.24) is 9.29 Å². The maximum Gasteiger partial charge on any atom is 0.260 e. The van der Waals surface area contributed by atoms with Crippen molar-refractivity contribution in [2.45, 2.75) is 38.3 Å². The van der Waals surface area contributed by atoms with Crippen LogP contribution in [-0.4, -0.2) is 30.2 Å². The highest BCUT2D eigenvalue weighted by Crippen LogP contribution is 2.34. The standard InChI is InChI=1S/C30H27N3O4S2/c1-20-9-14-27-28(21(20)2)31-30(38-27)33(19-25-8-5-17-37-25)29(34)23-10-12-26(13-11-23)39(35,36)32-16-15-22-6-3-4-7-24(22)18-32/h3-14,17H,15-16,18-19H2,1-2H3. The van der Waals surface area contributed by atoms with Crippen molar-refractivity contribution in [3.05, 3.63) is 113 Å². The predicted octanol–water partition coefficient (Wildman–Crippen LogP) is 6.10. The molecule has 2 aromatic heterocycles. The molecule has 1 aliphatic heterocycles. The van der Waals surface area contributed by atoms with Gasteiger partial charge in [-0.2, -0.15) is 4.31 Å². The van der Waals surface area contributed by atoms with Crippen LogP contribution in [0, 0.1) is 13.8 Å². The summed E-state index contributed by atoms with van der Waals surface area (Å²) in [5.41, 5.74) is 5.66. The molecule has 0 saturated carbocycles. The highest BCUT2D eigenvalue weighted by molar-refractivity contribution is 7.89. The lowest BCUT2D eigenvalue weighted by Gasteiger charge is -2.28. The molecule has 0 fully saturated rings. The van der Waals surface area contributed by atoms with E-state index in [1.165, 1.54) is 33.3 Å². The minimum atomic E-state index is -3.70. The normalized spacial score (nSPS) is 13.9. The minimum absolute atomic E-state index is 0.169. The third kappa shape index (κ3) is 4.78. The maximum absolute atomic E-state index is 13.8. The second kappa shape index (κ2) is 10.1. The molecular formula is C30H27N3O4S2. The van der Waals surface area contributed by atoms with Crippen LogP contribution in [0.2, 0.25) is 0 Å². The lowest BCUT2D eigenvalue weighted by atomic mass is 10.0. The average Bonchev–Trinajstić information content (AvgIpc) is 3.63. The minimum Gasteiger partial charge on any atom is -0.467 e. The number of furan rings is 1. The molecule has 3 aromatic carbocycles. The Hall–Kier alpha value is -3.79. The van der Waals surface area contributed by atoms with E-state index >= 15 is 0 Å². The van der Waals surface area contributed by atoms with Crippen molar-refractivity contribution in [2.24, 2.45) is 0 Å². The predicted molar refractivity (Wildman–Crippen MR) is 152 cm³/mol. The van der Waals surface area contributed by atoms with Gasteiger partial charge >= 0.3 is 0 Å². The first-order chi connectivity index (χ1) is 18.8. The summed E-state index contributed by atoms with van der Waals surface area (Å²) in [4.78, 5) is 20.4. The Morgan fingerprint density at radius 2 is 1.77 bits per heavy atom. The fraction of sp³-hybridized carbons (Fsp3) is 0.200. The number of carbonyl (C=O) groups excluding carboxylic acids is 1. The molecule has 39 heavy (non-hydrogen) atoms. The number of aryl methyl sites for hydroxylation is 2. The molecular weight excluding hydrogens is 530 g/mol. The van der Waals surface area contributed by atoms with Crippen molar-refractivity contribution in [3.8, 4) is 0 Å². The van der Waals surface area contributed by atoms with Crippen LogP contribution >= 0.6 is 11.3 Å². The van der Waals surface area contributed by atoms with E-state index in [0.717, 1.165) is 26.9 Å². The van der Waals surface area contributed by atoms with Gasteiger partial charge in [-0.25, -0.2) is 13.4 Å². The Kier molecular flexibility index (Phi) is 6.58. The fourth-order valence-electron chi connectivity index (χ4n) is 4.86. The zero-order valence-electron chi connectivity index (χ0n) is 21.6. The molecule has 0 aliphatic carbocycles. The van der Waals surface area contributed by atoms with Crippen molar-refractivity contribution < 1.29 is 17.6 Å². The van der Waals surface area contributed by atoms with E-state index in [1.54, 1.807) is 29.4 Å². The number of aromatic nitrogens is 1. The monoisotopic (exact) mass is 557 g/mol. The molecule has 0 spiro atoms. The average molecular weight is 558 g/mol. The Morgan fingerprint density at radius 3 is 2.51 bits per heavy atom. The molecule has 0 radical (unpaired) electrons. The quantitative estimate of drug-likeness (QED) is 0.252. The molecule has 6 rings (SSSR count). The van der Waals surface area contributed by atoms with Gasteiger partial charge in [0.15, 0.2) is 5.13 Å². The van der Waals surface area contributed by atoms with Gasteiger partial charge < -0.3 is 4.42 Å². The number of nitrogens with zero attached hydrogens (tertiary/aromatic N) is 3. The van der Waals surface area contributed by atoms with Crippen LogP contribution in [-0.2, 0) is 29.5 Å². The van der Waals surface area contributed by atoms with Gasteiger partial charge in [0.2, 0.25) is 10.0 Å². The van der Waals surface area contributed by atoms with E-state index in [0.29, 0.717) is 36.0 Å². The number of sulfonamides is 1. The second-order valence-corrected chi connectivity index (χ2v) is 12.7. The second-order valence-electron chi connectivity index (χ2n) is 9.70. The first kappa shape index (κ1) is 25.5. The molecule has 0 N–H and O–H groups in total. The Labute approximate surface area is 231 Å². The van der Waals surface area contributed by atoms with Crippen LogP contribution < -0.4 is 4.90 Å². The van der Waals surface area contributed by atoms with Crippen LogP contribution in [0.4, 0.5) is 5.13 Å². The van der Waals surface area contributed by atoms with E-state index in [9.17, 15) is 13.2 Å². The van der Waals surface area contributed by atoms with Gasteiger partial charge in [0, 0.05) is 18.7 Å². The van der Waals surface area contributed by atoms with E-state index < -0.39 is 10.0 Å². The third-order valence-electron chi connectivity index (χ3n) is 7.28. The number of rotatable bonds is 6. The molecule has 198 valence electrons. The van der Waals surface area contributed by atoms with Gasteiger partial charge in [-0.15, -0.1) is 0 Å². The highest BCUT2D eigenvalue weighted by Gasteiger charge is 2.29. The number of carbonyl (C=O) groups is 1. The summed E-state index contributed by atoms with van der Waals surface area (Å²) in [6, 6.07) is 21.8. The molecule has 7 nitrogen and oxygen atoms in total. The van der Waals surface area contributed by atoms with Crippen LogP contribution in [0.1, 0.15) is 38.4 Å². The fourth-order valence-corrected chi connectivity index (χ4v) is 7.31. The van der Waals surface area contributed by atoms with E-state index in [2.05, 4.69) is 6.07 Å². The number of hydrogen-bond acceptors (Lipinski definition) is 6. The Balaban J connectivity index is 1.30. The lowest BCUT2D eigenvalue weighted by molar-refractivity contribution is 0.0983. The lowest BCUT2D eigenvalue weighted by Crippen LogP contribution is -2.36. The summed E-state index contributed by atoms with van der Waals surface area (Å²) in [6.07, 6.45) is 2.25. The molecule has 0 atom stereocenters. The van der Waals surface area contributed by atoms with Gasteiger partial charge in [0.25, 0.3) is 5.91 Å². The van der Waals surface area contributed by atoms with Crippen molar-refractivity contribution >= 4 is 42.6 Å². The number of fused-ring (bicyclic) bond motifs is 2. The summed E-state index contributed by atoms with van der Waals surface area (Å²) in [6.45, 7) is 5.04. The Bertz CT molecular complexity index is 1780. The first-order valence-electron chi connectivity index (χ1n) is 12.7. The molecule has 5 aromatic rings. The van der Waals surface area contributed by atoms with E-state index in [-0.39, 0.29) is 17.3 Å². The molecule has 0 saturated heterocycles. The summed E-state index contributed by atoms with van der Waals surface area (Å²) in [7, 11) is -3.70. The summed E-state index contributed by atoms with van der Waals surface area (Å²) < 4.78 is 34.9. The smallest absolute Gasteiger partial charge is 0.260 e. The number of hydrogen-bond donors (Lipinski definition) is 0. The maximum atomic E-state index is 13.8. The van der Waals surface area contributed by atoms with Gasteiger partial charge in [0.1, 0.15) is 5.76 Å². The van der Waals surface area contributed by atoms with Crippen LogP contribution in [0.25, 0.3) is 10.2 Å². The van der Waals surface area contributed by atoms with Crippen LogP contribution in [0.3, 0.4) is 0 Å². The van der Waals surface area contributed by atoms with Gasteiger partial charge in [-0.3, -0.25) is 9.69 Å². The van der Waals surface area contributed by atoms with Crippen LogP contribution in [0.5, 0.6) is 0 Å². The molecule has 0 bridgehead atoms. The van der Waals surface area contributed by atoms with Crippen molar-refractivity contribution in [2.75, 3.05) is 11.4 Å². The first-order valence-corrected chi connectivity index (χ1v) is 14.9. The Morgan fingerprint density at radius 1 is 1.00 bits per heavy atom. The molecule has 0 unspecified atom stereocenters. The molecule has 9 heteroatoms. The topological polar surface area (TPSA) is 83.7 Å². The number of amides is 1. The van der Waals surface area contributed by atoms with Gasteiger partial charge in [0.05, 0.1) is 27.9 Å². The highest BCUT2D eigenvalue weighted by atomic mass is 32.2. The van der Waals surface area contributed by atoms with Crippen molar-refractivity contribution in [1.29, 1.82) is 0 Å². The van der Waals surface area contributed by atoms with E-state index in [4.69, 9.17) is 9.40 Å². The largest absolute Gasteiger partial charge is 0.467 e. The summed E-state index contributed by atoms with van der Waals surface area (Å²) in [5.74, 6) is 0.343. The van der Waals surface area contributed by atoms with Gasteiger partial charge in [-0.1, -0.05) is 41.7 Å². The summed E-state index contributed by atoms with van der Waals surface area (Å²) in [5, 5.41) is 0.559. The van der Waals surface area contributed by atoms with Crippen molar-refractivity contribution in [3.63, 3.8) is 0 Å².